The quantitative estimate of drug-likeness (QED) is 0.764. The molecule has 0 N–H and O–H groups in total. The molecule has 0 aromatic heterocycles. The summed E-state index contributed by atoms with van der Waals surface area (Å²) in [5.41, 5.74) is 1.32. The fourth-order valence-corrected chi connectivity index (χ4v) is 3.19. The highest BCUT2D eigenvalue weighted by Crippen LogP contribution is 2.36. The van der Waals surface area contributed by atoms with Crippen LogP contribution in [0, 0.1) is 0 Å². The first-order valence-corrected chi connectivity index (χ1v) is 7.42. The number of thioether (sulfide) groups is 1. The zero-order valence-corrected chi connectivity index (χ0v) is 11.3. The fraction of sp³-hybridized carbons (Fsp3) is 0.500. The molecule has 1 aromatic rings. The molecule has 1 atom stereocenters. The van der Waals surface area contributed by atoms with Crippen LogP contribution < -0.4 is 0 Å². The molecular formula is C14H19NOS. The molecule has 0 spiro atoms. The van der Waals surface area contributed by atoms with Gasteiger partial charge in [-0.05, 0) is 30.7 Å². The Balaban J connectivity index is 2.29. The summed E-state index contributed by atoms with van der Waals surface area (Å²) in [5, 5.41) is 0. The molecule has 0 unspecified atom stereocenters. The number of rotatable bonds is 3. The summed E-state index contributed by atoms with van der Waals surface area (Å²) in [6.07, 6.45) is 4.93. The predicted octanol–water partition coefficient (Wildman–Crippen LogP) is 3.48. The van der Waals surface area contributed by atoms with E-state index in [4.69, 9.17) is 0 Å². The Morgan fingerprint density at radius 2 is 2.24 bits per heavy atom. The van der Waals surface area contributed by atoms with Crippen LogP contribution in [-0.2, 0) is 4.79 Å². The maximum atomic E-state index is 11.9. The van der Waals surface area contributed by atoms with Crippen LogP contribution in [0.1, 0.15) is 37.8 Å². The van der Waals surface area contributed by atoms with Crippen molar-refractivity contribution in [2.75, 3.05) is 12.8 Å². The number of nitrogens with zero attached hydrogens (tertiary/aromatic N) is 1. The van der Waals surface area contributed by atoms with Gasteiger partial charge in [-0.3, -0.25) is 4.79 Å². The monoisotopic (exact) mass is 249 g/mol. The topological polar surface area (TPSA) is 20.3 Å². The molecule has 1 aliphatic heterocycles. The second-order valence-corrected chi connectivity index (χ2v) is 5.19. The lowest BCUT2D eigenvalue weighted by Crippen LogP contribution is -2.29. The molecular weight excluding hydrogens is 230 g/mol. The molecule has 3 heteroatoms. The Labute approximate surface area is 107 Å². The highest BCUT2D eigenvalue weighted by Gasteiger charge is 2.30. The largest absolute Gasteiger partial charge is 0.336 e. The number of carbonyl (C=O) groups excluding carboxylic acids is 1. The smallest absolute Gasteiger partial charge is 0.222 e. The molecule has 0 saturated carbocycles. The van der Waals surface area contributed by atoms with Crippen molar-refractivity contribution in [1.82, 2.24) is 4.90 Å². The van der Waals surface area contributed by atoms with Crippen LogP contribution in [0.4, 0.5) is 0 Å². The van der Waals surface area contributed by atoms with E-state index >= 15 is 0 Å². The van der Waals surface area contributed by atoms with Gasteiger partial charge < -0.3 is 4.90 Å². The van der Waals surface area contributed by atoms with Crippen LogP contribution >= 0.6 is 11.8 Å². The lowest BCUT2D eigenvalue weighted by Gasteiger charge is -2.26. The molecule has 1 saturated heterocycles. The van der Waals surface area contributed by atoms with Gasteiger partial charge in [-0.15, -0.1) is 11.8 Å². The van der Waals surface area contributed by atoms with Crippen LogP contribution in [0.3, 0.4) is 0 Å². The Hall–Kier alpha value is -0.960. The van der Waals surface area contributed by atoms with Crippen LogP contribution in [0.2, 0.25) is 0 Å². The van der Waals surface area contributed by atoms with E-state index in [0.29, 0.717) is 12.5 Å². The summed E-state index contributed by atoms with van der Waals surface area (Å²) in [5.74, 6) is 0.281. The number of likely N-dealkylation sites (tertiary alicyclic amines) is 1. The first-order chi connectivity index (χ1) is 8.27. The Morgan fingerprint density at radius 3 is 2.94 bits per heavy atom. The van der Waals surface area contributed by atoms with E-state index in [1.165, 1.54) is 10.5 Å². The zero-order valence-electron chi connectivity index (χ0n) is 10.5. The minimum Gasteiger partial charge on any atom is -0.336 e. The first-order valence-electron chi connectivity index (χ1n) is 6.20. The van der Waals surface area contributed by atoms with Gasteiger partial charge in [0.15, 0.2) is 0 Å². The van der Waals surface area contributed by atoms with Crippen molar-refractivity contribution in [2.24, 2.45) is 0 Å². The Morgan fingerprint density at radius 1 is 1.47 bits per heavy atom. The van der Waals surface area contributed by atoms with Crippen LogP contribution in [0.5, 0.6) is 0 Å². The molecule has 92 valence electrons. The fourth-order valence-electron chi connectivity index (χ4n) is 2.53. The van der Waals surface area contributed by atoms with Crippen LogP contribution in [0.15, 0.2) is 29.2 Å². The van der Waals surface area contributed by atoms with Gasteiger partial charge in [-0.2, -0.15) is 0 Å². The lowest BCUT2D eigenvalue weighted by atomic mass is 10.0. The minimum atomic E-state index is 0.281. The van der Waals surface area contributed by atoms with E-state index < -0.39 is 0 Å². The van der Waals surface area contributed by atoms with Gasteiger partial charge in [0.1, 0.15) is 0 Å². The lowest BCUT2D eigenvalue weighted by molar-refractivity contribution is -0.131. The van der Waals surface area contributed by atoms with Gasteiger partial charge in [-0.1, -0.05) is 25.1 Å². The van der Waals surface area contributed by atoms with Gasteiger partial charge >= 0.3 is 0 Å². The summed E-state index contributed by atoms with van der Waals surface area (Å²) >= 11 is 1.77. The maximum absolute atomic E-state index is 11.9. The normalized spacial score (nSPS) is 19.6. The van der Waals surface area contributed by atoms with Crippen molar-refractivity contribution in [3.8, 4) is 0 Å². The molecule has 2 rings (SSSR count). The molecule has 1 amide bonds. The molecule has 2 nitrogen and oxygen atoms in total. The summed E-state index contributed by atoms with van der Waals surface area (Å²) in [6.45, 7) is 2.86. The van der Waals surface area contributed by atoms with E-state index in [0.717, 1.165) is 19.4 Å². The van der Waals surface area contributed by atoms with Crippen molar-refractivity contribution in [2.45, 2.75) is 37.1 Å². The SMILES string of the molecule is CCC(=O)N1CCC[C@@H]1c1ccccc1SC. The molecule has 1 aliphatic rings. The third-order valence-corrected chi connectivity index (χ3v) is 4.19. The van der Waals surface area contributed by atoms with E-state index in [1.807, 2.05) is 6.92 Å². The molecule has 1 aromatic carbocycles. The highest BCUT2D eigenvalue weighted by atomic mass is 32.2. The third kappa shape index (κ3) is 2.49. The first kappa shape index (κ1) is 12.5. The van der Waals surface area contributed by atoms with Gasteiger partial charge in [0.25, 0.3) is 0 Å². The van der Waals surface area contributed by atoms with E-state index in [1.54, 1.807) is 11.8 Å². The molecule has 17 heavy (non-hydrogen) atoms. The molecule has 0 bridgehead atoms. The second-order valence-electron chi connectivity index (χ2n) is 4.34. The van der Waals surface area contributed by atoms with Gasteiger partial charge in [-0.25, -0.2) is 0 Å². The second kappa shape index (κ2) is 5.58. The third-order valence-electron chi connectivity index (χ3n) is 3.37. The molecule has 1 heterocycles. The average Bonchev–Trinajstić information content (AvgIpc) is 2.86. The number of carbonyl (C=O) groups is 1. The number of hydrogen-bond donors (Lipinski definition) is 0. The Bertz CT molecular complexity index is 405. The maximum Gasteiger partial charge on any atom is 0.222 e. The van der Waals surface area contributed by atoms with Crippen molar-refractivity contribution in [1.29, 1.82) is 0 Å². The number of amides is 1. The van der Waals surface area contributed by atoms with Crippen LogP contribution in [-0.4, -0.2) is 23.6 Å². The van der Waals surface area contributed by atoms with E-state index in [2.05, 4.69) is 35.4 Å². The number of hydrogen-bond acceptors (Lipinski definition) is 2. The van der Waals surface area contributed by atoms with E-state index in [9.17, 15) is 4.79 Å². The van der Waals surface area contributed by atoms with E-state index in [-0.39, 0.29) is 5.91 Å². The number of benzene rings is 1. The van der Waals surface area contributed by atoms with Gasteiger partial charge in [0.2, 0.25) is 5.91 Å². The zero-order chi connectivity index (χ0) is 12.3. The van der Waals surface area contributed by atoms with Crippen molar-refractivity contribution in [3.05, 3.63) is 29.8 Å². The van der Waals surface area contributed by atoms with Gasteiger partial charge in [0, 0.05) is 17.9 Å². The summed E-state index contributed by atoms with van der Waals surface area (Å²) in [4.78, 5) is 15.3. The molecule has 0 radical (unpaired) electrons. The molecule has 1 fully saturated rings. The predicted molar refractivity (Wildman–Crippen MR) is 72.2 cm³/mol. The average molecular weight is 249 g/mol. The van der Waals surface area contributed by atoms with Crippen molar-refractivity contribution >= 4 is 17.7 Å². The minimum absolute atomic E-state index is 0.281. The van der Waals surface area contributed by atoms with Crippen molar-refractivity contribution < 1.29 is 4.79 Å². The Kier molecular flexibility index (Phi) is 4.11. The van der Waals surface area contributed by atoms with Gasteiger partial charge in [0.05, 0.1) is 6.04 Å². The summed E-state index contributed by atoms with van der Waals surface area (Å²) in [7, 11) is 0. The highest BCUT2D eigenvalue weighted by molar-refractivity contribution is 7.98. The summed E-state index contributed by atoms with van der Waals surface area (Å²) < 4.78 is 0. The standard InChI is InChI=1S/C14H19NOS/c1-3-14(16)15-10-6-8-12(15)11-7-4-5-9-13(11)17-2/h4-5,7,9,12H,3,6,8,10H2,1-2H3/t12-/m1/s1. The van der Waals surface area contributed by atoms with Crippen LogP contribution in [0.25, 0.3) is 0 Å². The summed E-state index contributed by atoms with van der Waals surface area (Å²) in [6, 6.07) is 8.74. The molecule has 0 aliphatic carbocycles. The van der Waals surface area contributed by atoms with Crippen molar-refractivity contribution in [3.63, 3.8) is 0 Å².